The first-order chi connectivity index (χ1) is 13.3. The fourth-order valence-electron chi connectivity index (χ4n) is 2.62. The molecule has 0 unspecified atom stereocenters. The lowest BCUT2D eigenvalue weighted by atomic mass is 10.1. The first-order valence-electron chi connectivity index (χ1n) is 8.26. The van der Waals surface area contributed by atoms with Crippen molar-refractivity contribution < 1.29 is 22.7 Å². The number of aromatic nitrogens is 1. The summed E-state index contributed by atoms with van der Waals surface area (Å²) in [5.41, 5.74) is 1.21. The number of ketones is 1. The molecule has 0 atom stereocenters. The molecular weight excluding hydrogens is 404 g/mol. The minimum absolute atomic E-state index is 0.00192. The van der Waals surface area contributed by atoms with Gasteiger partial charge in [0.15, 0.2) is 6.61 Å². The number of sulfonamides is 1. The highest BCUT2D eigenvalue weighted by molar-refractivity contribution is 7.89. The average Bonchev–Trinajstić information content (AvgIpc) is 3.10. The first-order valence-corrected chi connectivity index (χ1v) is 10.1. The number of nitrogens with zero attached hydrogens (tertiary/aromatic N) is 1. The maximum absolute atomic E-state index is 12.5. The van der Waals surface area contributed by atoms with Crippen LogP contribution in [0, 0.1) is 0 Å². The van der Waals surface area contributed by atoms with Gasteiger partial charge in [0, 0.05) is 34.7 Å². The zero-order chi connectivity index (χ0) is 20.3. The molecule has 0 amide bonds. The predicted octanol–water partition coefficient (Wildman–Crippen LogP) is 2.87. The van der Waals surface area contributed by atoms with Crippen LogP contribution in [0.4, 0.5) is 0 Å². The molecule has 0 radical (unpaired) electrons. The lowest BCUT2D eigenvalue weighted by Crippen LogP contribution is -2.33. The normalized spacial score (nSPS) is 11.7. The van der Waals surface area contributed by atoms with E-state index in [1.165, 1.54) is 31.3 Å². The number of rotatable bonds is 7. The minimum Gasteiger partial charge on any atom is -0.456 e. The van der Waals surface area contributed by atoms with Gasteiger partial charge in [-0.25, -0.2) is 8.42 Å². The number of nitrogens with one attached hydrogen (secondary N) is 1. The number of likely N-dealkylation sites (N-methyl/N-ethyl adjacent to an activating group) is 1. The van der Waals surface area contributed by atoms with Crippen molar-refractivity contribution in [1.82, 2.24) is 9.29 Å². The molecule has 146 valence electrons. The number of hydrogen-bond donors (Lipinski definition) is 1. The number of carbonyl (C=O) groups is 2. The maximum Gasteiger partial charge on any atom is 0.321 e. The zero-order valence-corrected chi connectivity index (χ0v) is 16.5. The van der Waals surface area contributed by atoms with Crippen molar-refractivity contribution in [3.8, 4) is 0 Å². The van der Waals surface area contributed by atoms with Crippen molar-refractivity contribution >= 4 is 44.3 Å². The number of aromatic amines is 1. The average molecular weight is 421 g/mol. The molecule has 0 fully saturated rings. The molecule has 0 aliphatic carbocycles. The van der Waals surface area contributed by atoms with E-state index >= 15 is 0 Å². The standard InChI is InChI=1S/C19H17ClN2O5S/c1-22(28(25,26)14-8-6-13(20)7-9-14)11-19(24)27-12-18(23)16-10-21-17-5-3-2-4-15(16)17/h2-10,21H,11-12H2,1H3. The summed E-state index contributed by atoms with van der Waals surface area (Å²) in [5, 5.41) is 1.13. The van der Waals surface area contributed by atoms with Gasteiger partial charge in [-0.3, -0.25) is 9.59 Å². The van der Waals surface area contributed by atoms with Crippen molar-refractivity contribution in [3.63, 3.8) is 0 Å². The van der Waals surface area contributed by atoms with E-state index in [1.807, 2.05) is 12.1 Å². The van der Waals surface area contributed by atoms with E-state index in [4.69, 9.17) is 16.3 Å². The Hall–Kier alpha value is -2.68. The molecular formula is C19H17ClN2O5S. The molecule has 7 nitrogen and oxygen atoms in total. The minimum atomic E-state index is -3.88. The fraction of sp³-hybridized carbons (Fsp3) is 0.158. The Morgan fingerprint density at radius 1 is 1.11 bits per heavy atom. The Bertz CT molecular complexity index is 1120. The van der Waals surface area contributed by atoms with Crippen molar-refractivity contribution in [2.75, 3.05) is 20.2 Å². The molecule has 0 bridgehead atoms. The van der Waals surface area contributed by atoms with Gasteiger partial charge in [0.2, 0.25) is 15.8 Å². The van der Waals surface area contributed by atoms with E-state index in [0.717, 1.165) is 15.2 Å². The maximum atomic E-state index is 12.5. The second-order valence-corrected chi connectivity index (χ2v) is 8.53. The Kier molecular flexibility index (Phi) is 5.83. The quantitative estimate of drug-likeness (QED) is 0.468. The van der Waals surface area contributed by atoms with Crippen LogP contribution in [-0.2, 0) is 19.6 Å². The van der Waals surface area contributed by atoms with E-state index in [-0.39, 0.29) is 10.7 Å². The van der Waals surface area contributed by atoms with Crippen LogP contribution >= 0.6 is 11.6 Å². The van der Waals surface area contributed by atoms with Crippen molar-refractivity contribution in [1.29, 1.82) is 0 Å². The van der Waals surface area contributed by atoms with Gasteiger partial charge < -0.3 is 9.72 Å². The molecule has 2 aromatic carbocycles. The number of benzene rings is 2. The second kappa shape index (κ2) is 8.14. The Morgan fingerprint density at radius 3 is 2.50 bits per heavy atom. The van der Waals surface area contributed by atoms with E-state index < -0.39 is 29.1 Å². The molecule has 1 N–H and O–H groups in total. The highest BCUT2D eigenvalue weighted by Gasteiger charge is 2.24. The number of esters is 1. The summed E-state index contributed by atoms with van der Waals surface area (Å²) < 4.78 is 30.7. The van der Waals surface area contributed by atoms with Gasteiger partial charge in [0.1, 0.15) is 6.54 Å². The molecule has 3 aromatic rings. The number of Topliss-reactive ketones (excluding diaryl/α,β-unsaturated/α-hetero) is 1. The third-order valence-electron chi connectivity index (χ3n) is 4.13. The Labute approximate surface area is 166 Å². The van der Waals surface area contributed by atoms with Crippen LogP contribution in [0.5, 0.6) is 0 Å². The lowest BCUT2D eigenvalue weighted by Gasteiger charge is -2.16. The number of fused-ring (bicyclic) bond motifs is 1. The number of ether oxygens (including phenoxy) is 1. The topological polar surface area (TPSA) is 96.5 Å². The van der Waals surface area contributed by atoms with Crippen LogP contribution in [0.3, 0.4) is 0 Å². The smallest absolute Gasteiger partial charge is 0.321 e. The van der Waals surface area contributed by atoms with E-state index in [0.29, 0.717) is 10.6 Å². The first kappa shape index (κ1) is 20.1. The van der Waals surface area contributed by atoms with Gasteiger partial charge in [-0.05, 0) is 30.3 Å². The lowest BCUT2D eigenvalue weighted by molar-refractivity contribution is -0.142. The molecule has 28 heavy (non-hydrogen) atoms. The molecule has 0 saturated carbocycles. The van der Waals surface area contributed by atoms with Crippen LogP contribution in [0.25, 0.3) is 10.9 Å². The van der Waals surface area contributed by atoms with E-state index in [1.54, 1.807) is 18.3 Å². The molecule has 0 aliphatic heterocycles. The van der Waals surface area contributed by atoms with E-state index in [2.05, 4.69) is 4.98 Å². The van der Waals surface area contributed by atoms with E-state index in [9.17, 15) is 18.0 Å². The van der Waals surface area contributed by atoms with Gasteiger partial charge in [0.05, 0.1) is 4.90 Å². The monoisotopic (exact) mass is 420 g/mol. The van der Waals surface area contributed by atoms with Crippen molar-refractivity contribution in [3.05, 3.63) is 65.3 Å². The largest absolute Gasteiger partial charge is 0.456 e. The summed E-state index contributed by atoms with van der Waals surface area (Å²) in [5.74, 6) is -1.21. The highest BCUT2D eigenvalue weighted by atomic mass is 35.5. The summed E-state index contributed by atoms with van der Waals surface area (Å²) in [6.07, 6.45) is 1.55. The zero-order valence-electron chi connectivity index (χ0n) is 14.9. The molecule has 1 heterocycles. The SMILES string of the molecule is CN(CC(=O)OCC(=O)c1c[nH]c2ccccc12)S(=O)(=O)c1ccc(Cl)cc1. The second-order valence-electron chi connectivity index (χ2n) is 6.05. The summed E-state index contributed by atoms with van der Waals surface area (Å²) in [4.78, 5) is 27.3. The number of para-hydroxylation sites is 1. The molecule has 9 heteroatoms. The van der Waals surface area contributed by atoms with Crippen LogP contribution in [0.1, 0.15) is 10.4 Å². The summed E-state index contributed by atoms with van der Waals surface area (Å²) >= 11 is 5.76. The molecule has 0 aliphatic rings. The van der Waals surface area contributed by atoms with Crippen LogP contribution < -0.4 is 0 Å². The third kappa shape index (κ3) is 4.24. The fourth-order valence-corrected chi connectivity index (χ4v) is 3.87. The molecule has 1 aromatic heterocycles. The third-order valence-corrected chi connectivity index (χ3v) is 6.20. The van der Waals surface area contributed by atoms with Crippen molar-refractivity contribution in [2.45, 2.75) is 4.90 Å². The highest BCUT2D eigenvalue weighted by Crippen LogP contribution is 2.19. The van der Waals surface area contributed by atoms with Gasteiger partial charge in [-0.2, -0.15) is 4.31 Å². The molecule has 0 saturated heterocycles. The van der Waals surface area contributed by atoms with Gasteiger partial charge in [0.25, 0.3) is 0 Å². The van der Waals surface area contributed by atoms with Crippen LogP contribution in [0.15, 0.2) is 59.6 Å². The summed E-state index contributed by atoms with van der Waals surface area (Å²) in [6.45, 7) is -0.998. The number of carbonyl (C=O) groups excluding carboxylic acids is 2. The van der Waals surface area contributed by atoms with Gasteiger partial charge in [-0.1, -0.05) is 29.8 Å². The predicted molar refractivity (Wildman–Crippen MR) is 105 cm³/mol. The summed E-state index contributed by atoms with van der Waals surface area (Å²) in [6, 6.07) is 12.8. The number of hydrogen-bond acceptors (Lipinski definition) is 5. The molecule has 3 rings (SSSR count). The van der Waals surface area contributed by atoms with Gasteiger partial charge >= 0.3 is 5.97 Å². The van der Waals surface area contributed by atoms with Crippen molar-refractivity contribution in [2.24, 2.45) is 0 Å². The van der Waals surface area contributed by atoms with Crippen LogP contribution in [0.2, 0.25) is 5.02 Å². The number of H-pyrrole nitrogens is 1. The van der Waals surface area contributed by atoms with Gasteiger partial charge in [-0.15, -0.1) is 0 Å². The Balaban J connectivity index is 1.60. The summed E-state index contributed by atoms with van der Waals surface area (Å²) in [7, 11) is -2.62. The number of halogens is 1. The molecule has 0 spiro atoms. The Morgan fingerprint density at radius 2 is 1.79 bits per heavy atom. The van der Waals surface area contributed by atoms with Crippen LogP contribution in [-0.4, -0.2) is 49.7 Å².